The van der Waals surface area contributed by atoms with Crippen LogP contribution in [0.1, 0.15) is 34.2 Å². The van der Waals surface area contributed by atoms with Crippen LogP contribution in [0, 0.1) is 32.6 Å². The number of hydrogen-bond donors (Lipinski definition) is 0. The van der Waals surface area contributed by atoms with E-state index in [2.05, 4.69) is 53.2 Å². The molecule has 2 aliphatic rings. The molecule has 2 aromatic rings. The first-order chi connectivity index (χ1) is 11.5. The van der Waals surface area contributed by atoms with Crippen LogP contribution in [-0.4, -0.2) is 41.6 Å². The zero-order valence-corrected chi connectivity index (χ0v) is 15.1. The van der Waals surface area contributed by atoms with E-state index in [9.17, 15) is 0 Å². The first-order valence-electron chi connectivity index (χ1n) is 8.94. The lowest BCUT2D eigenvalue weighted by Gasteiger charge is -2.28. The molecule has 0 bridgehead atoms. The molecule has 0 aliphatic carbocycles. The molecule has 24 heavy (non-hydrogen) atoms. The Labute approximate surface area is 144 Å². The van der Waals surface area contributed by atoms with E-state index in [1.807, 2.05) is 13.8 Å². The Hall–Kier alpha value is -1.65. The number of nitrogens with zero attached hydrogens (tertiary/aromatic N) is 3. The molecule has 0 saturated carbocycles. The lowest BCUT2D eigenvalue weighted by atomic mass is 9.88. The van der Waals surface area contributed by atoms with Crippen LogP contribution in [0.2, 0.25) is 0 Å². The lowest BCUT2D eigenvalue weighted by Crippen LogP contribution is -2.29. The normalized spacial score (nSPS) is 27.8. The summed E-state index contributed by atoms with van der Waals surface area (Å²) < 4.78 is 5.34. The first-order valence-corrected chi connectivity index (χ1v) is 8.94. The van der Waals surface area contributed by atoms with E-state index in [0.29, 0.717) is 6.04 Å². The second-order valence-electron chi connectivity index (χ2n) is 7.66. The monoisotopic (exact) mass is 325 g/mol. The van der Waals surface area contributed by atoms with Gasteiger partial charge in [-0.15, -0.1) is 0 Å². The summed E-state index contributed by atoms with van der Waals surface area (Å²) in [5.41, 5.74) is 5.23. The highest BCUT2D eigenvalue weighted by Crippen LogP contribution is 2.45. The van der Waals surface area contributed by atoms with Crippen molar-refractivity contribution >= 4 is 0 Å². The molecule has 4 nitrogen and oxygen atoms in total. The fourth-order valence-corrected chi connectivity index (χ4v) is 4.82. The molecule has 4 heteroatoms. The predicted molar refractivity (Wildman–Crippen MR) is 94.8 cm³/mol. The van der Waals surface area contributed by atoms with E-state index in [1.165, 1.54) is 29.8 Å². The number of likely N-dealkylation sites (tertiary alicyclic amines) is 2. The molecule has 0 amide bonds. The Balaban J connectivity index is 1.54. The van der Waals surface area contributed by atoms with Gasteiger partial charge in [0.05, 0.1) is 5.69 Å². The molecular formula is C20H27N3O. The Morgan fingerprint density at radius 1 is 1.12 bits per heavy atom. The molecular weight excluding hydrogens is 298 g/mol. The highest BCUT2D eigenvalue weighted by Gasteiger charge is 2.46. The molecule has 2 saturated heterocycles. The molecule has 0 unspecified atom stereocenters. The van der Waals surface area contributed by atoms with Gasteiger partial charge in [-0.05, 0) is 50.8 Å². The van der Waals surface area contributed by atoms with Crippen molar-refractivity contribution in [3.8, 4) is 0 Å². The summed E-state index contributed by atoms with van der Waals surface area (Å²) in [7, 11) is 2.29. The minimum atomic E-state index is 0.547. The van der Waals surface area contributed by atoms with Gasteiger partial charge < -0.3 is 4.52 Å². The summed E-state index contributed by atoms with van der Waals surface area (Å²) in [4.78, 5) is 5.16. The molecule has 1 aromatic heterocycles. The van der Waals surface area contributed by atoms with Gasteiger partial charge in [0.1, 0.15) is 5.76 Å². The molecule has 2 aliphatic heterocycles. The van der Waals surface area contributed by atoms with Crippen LogP contribution in [0.4, 0.5) is 0 Å². The zero-order chi connectivity index (χ0) is 16.8. The first kappa shape index (κ1) is 15.9. The second-order valence-corrected chi connectivity index (χ2v) is 7.66. The maximum Gasteiger partial charge on any atom is 0.138 e. The van der Waals surface area contributed by atoms with Crippen LogP contribution < -0.4 is 0 Å². The van der Waals surface area contributed by atoms with Gasteiger partial charge in [0.25, 0.3) is 0 Å². The second kappa shape index (κ2) is 6.01. The number of aromatic nitrogens is 1. The Kier molecular flexibility index (Phi) is 3.97. The van der Waals surface area contributed by atoms with Crippen molar-refractivity contribution in [3.05, 3.63) is 52.4 Å². The van der Waals surface area contributed by atoms with Crippen LogP contribution in [0.15, 0.2) is 28.8 Å². The average Bonchev–Trinajstić information content (AvgIpc) is 3.16. The predicted octanol–water partition coefficient (Wildman–Crippen LogP) is 3.33. The third-order valence-corrected chi connectivity index (χ3v) is 6.04. The highest BCUT2D eigenvalue weighted by atomic mass is 16.5. The molecule has 0 spiro atoms. The smallest absolute Gasteiger partial charge is 0.138 e. The quantitative estimate of drug-likeness (QED) is 0.866. The van der Waals surface area contributed by atoms with Gasteiger partial charge in [0.2, 0.25) is 0 Å². The lowest BCUT2D eigenvalue weighted by molar-refractivity contribution is 0.223. The van der Waals surface area contributed by atoms with Crippen LogP contribution in [0.5, 0.6) is 0 Å². The van der Waals surface area contributed by atoms with Gasteiger partial charge in [0, 0.05) is 37.8 Å². The van der Waals surface area contributed by atoms with E-state index < -0.39 is 0 Å². The maximum atomic E-state index is 5.34. The molecule has 3 heterocycles. The van der Waals surface area contributed by atoms with Crippen molar-refractivity contribution in [1.82, 2.24) is 15.0 Å². The van der Waals surface area contributed by atoms with Crippen molar-refractivity contribution < 1.29 is 4.52 Å². The summed E-state index contributed by atoms with van der Waals surface area (Å²) in [5, 5.41) is 4.11. The largest absolute Gasteiger partial charge is 0.361 e. The molecule has 3 atom stereocenters. The number of rotatable bonds is 3. The average molecular weight is 325 g/mol. The van der Waals surface area contributed by atoms with Crippen LogP contribution in [0.25, 0.3) is 0 Å². The summed E-state index contributed by atoms with van der Waals surface area (Å²) in [6.45, 7) is 10.8. The van der Waals surface area contributed by atoms with Crippen LogP contribution in [0.3, 0.4) is 0 Å². The number of hydrogen-bond acceptors (Lipinski definition) is 4. The minimum absolute atomic E-state index is 0.547. The van der Waals surface area contributed by atoms with E-state index in [1.54, 1.807) is 0 Å². The summed E-state index contributed by atoms with van der Waals surface area (Å²) in [5.74, 6) is 2.45. The van der Waals surface area contributed by atoms with Crippen LogP contribution in [-0.2, 0) is 6.54 Å². The van der Waals surface area contributed by atoms with Gasteiger partial charge in [-0.3, -0.25) is 9.80 Å². The Morgan fingerprint density at radius 2 is 1.92 bits per heavy atom. The standard InChI is InChI=1S/C20H27N3O/c1-13-7-5-6-8-17(13)20-19-12-23(10-16(19)9-22(20)4)11-18-14(2)21-24-15(18)3/h5-8,16,19-20H,9-12H2,1-4H3/t16-,19+,20-/m0/s1. The molecule has 0 radical (unpaired) electrons. The van der Waals surface area contributed by atoms with E-state index in [4.69, 9.17) is 4.52 Å². The SMILES string of the molecule is Cc1ccccc1[C@H]1[C@@H]2CN(Cc3c(C)noc3C)C[C@@H]2CN1C. The van der Waals surface area contributed by atoms with E-state index in [0.717, 1.165) is 36.4 Å². The van der Waals surface area contributed by atoms with Gasteiger partial charge in [-0.1, -0.05) is 29.4 Å². The zero-order valence-electron chi connectivity index (χ0n) is 15.1. The fourth-order valence-electron chi connectivity index (χ4n) is 4.82. The third kappa shape index (κ3) is 2.58. The topological polar surface area (TPSA) is 32.5 Å². The highest BCUT2D eigenvalue weighted by molar-refractivity contribution is 5.31. The Morgan fingerprint density at radius 3 is 2.62 bits per heavy atom. The van der Waals surface area contributed by atoms with E-state index in [-0.39, 0.29) is 0 Å². The van der Waals surface area contributed by atoms with Crippen molar-refractivity contribution in [2.24, 2.45) is 11.8 Å². The number of aryl methyl sites for hydroxylation is 3. The van der Waals surface area contributed by atoms with Crippen LogP contribution >= 0.6 is 0 Å². The molecule has 4 rings (SSSR count). The van der Waals surface area contributed by atoms with Gasteiger partial charge >= 0.3 is 0 Å². The van der Waals surface area contributed by atoms with Crippen molar-refractivity contribution in [3.63, 3.8) is 0 Å². The molecule has 1 aromatic carbocycles. The Bertz CT molecular complexity index is 719. The van der Waals surface area contributed by atoms with Gasteiger partial charge in [0.15, 0.2) is 0 Å². The minimum Gasteiger partial charge on any atom is -0.361 e. The molecule has 128 valence electrons. The summed E-state index contributed by atoms with van der Waals surface area (Å²) in [6, 6.07) is 9.43. The maximum absolute atomic E-state index is 5.34. The van der Waals surface area contributed by atoms with Gasteiger partial charge in [-0.2, -0.15) is 0 Å². The molecule has 0 N–H and O–H groups in total. The number of fused-ring (bicyclic) bond motifs is 1. The number of benzene rings is 1. The van der Waals surface area contributed by atoms with Gasteiger partial charge in [-0.25, -0.2) is 0 Å². The summed E-state index contributed by atoms with van der Waals surface area (Å²) >= 11 is 0. The van der Waals surface area contributed by atoms with Crippen molar-refractivity contribution in [2.45, 2.75) is 33.4 Å². The van der Waals surface area contributed by atoms with Crippen molar-refractivity contribution in [1.29, 1.82) is 0 Å². The third-order valence-electron chi connectivity index (χ3n) is 6.04. The summed E-state index contributed by atoms with van der Waals surface area (Å²) in [6.07, 6.45) is 0. The molecule has 2 fully saturated rings. The van der Waals surface area contributed by atoms with E-state index >= 15 is 0 Å². The van der Waals surface area contributed by atoms with Crippen molar-refractivity contribution in [2.75, 3.05) is 26.7 Å². The fraction of sp³-hybridized carbons (Fsp3) is 0.550.